The number of methoxy groups -OCH3 is 1. The molecule has 3 nitrogen and oxygen atoms in total. The second-order valence-electron chi connectivity index (χ2n) is 3.25. The van der Waals surface area contributed by atoms with Crippen LogP contribution in [0.1, 0.15) is 6.92 Å². The molecule has 0 bridgehead atoms. The first-order chi connectivity index (χ1) is 6.55. The second-order valence-corrected chi connectivity index (χ2v) is 3.25. The number of halogens is 2. The van der Waals surface area contributed by atoms with Gasteiger partial charge in [0.15, 0.2) is 0 Å². The van der Waals surface area contributed by atoms with Gasteiger partial charge in [-0.15, -0.1) is 0 Å². The first-order valence-corrected chi connectivity index (χ1v) is 4.79. The van der Waals surface area contributed by atoms with Crippen molar-refractivity contribution in [1.29, 1.82) is 0 Å². The Labute approximate surface area is 84.4 Å². The SMILES string of the molecule is CCN(CCOC)CC(F)(F)CNC. The van der Waals surface area contributed by atoms with Crippen molar-refractivity contribution < 1.29 is 13.5 Å². The molecule has 0 aromatic heterocycles. The molecule has 0 atom stereocenters. The molecule has 86 valence electrons. The highest BCUT2D eigenvalue weighted by Gasteiger charge is 2.29. The van der Waals surface area contributed by atoms with Gasteiger partial charge in [0.2, 0.25) is 0 Å². The van der Waals surface area contributed by atoms with Crippen molar-refractivity contribution in [2.24, 2.45) is 0 Å². The maximum Gasteiger partial charge on any atom is 0.272 e. The molecule has 5 heteroatoms. The molecule has 0 saturated heterocycles. The van der Waals surface area contributed by atoms with Gasteiger partial charge in [-0.2, -0.15) is 0 Å². The van der Waals surface area contributed by atoms with Crippen molar-refractivity contribution in [2.45, 2.75) is 12.8 Å². The zero-order chi connectivity index (χ0) is 11.0. The largest absolute Gasteiger partial charge is 0.383 e. The minimum atomic E-state index is -2.67. The van der Waals surface area contributed by atoms with E-state index in [1.54, 1.807) is 12.0 Å². The van der Waals surface area contributed by atoms with Gasteiger partial charge in [-0.3, -0.25) is 4.90 Å². The van der Waals surface area contributed by atoms with E-state index in [-0.39, 0.29) is 13.1 Å². The van der Waals surface area contributed by atoms with Crippen LogP contribution in [0.25, 0.3) is 0 Å². The fourth-order valence-electron chi connectivity index (χ4n) is 1.21. The molecule has 0 radical (unpaired) electrons. The van der Waals surface area contributed by atoms with Crippen LogP contribution < -0.4 is 5.32 Å². The third-order valence-electron chi connectivity index (χ3n) is 1.95. The minimum absolute atomic E-state index is 0.215. The van der Waals surface area contributed by atoms with Crippen molar-refractivity contribution in [3.63, 3.8) is 0 Å². The fraction of sp³-hybridized carbons (Fsp3) is 1.00. The predicted octanol–water partition coefficient (Wildman–Crippen LogP) is 0.809. The lowest BCUT2D eigenvalue weighted by Gasteiger charge is -2.25. The lowest BCUT2D eigenvalue weighted by atomic mass is 10.3. The molecular weight excluding hydrogens is 190 g/mol. The summed E-state index contributed by atoms with van der Waals surface area (Å²) in [5.74, 6) is -2.67. The molecule has 0 heterocycles. The van der Waals surface area contributed by atoms with E-state index in [2.05, 4.69) is 5.32 Å². The summed E-state index contributed by atoms with van der Waals surface area (Å²) in [7, 11) is 3.10. The van der Waals surface area contributed by atoms with Crippen molar-refractivity contribution in [3.05, 3.63) is 0 Å². The maximum atomic E-state index is 13.1. The normalized spacial score (nSPS) is 12.4. The number of hydrogen-bond donors (Lipinski definition) is 1. The minimum Gasteiger partial charge on any atom is -0.383 e. The molecular formula is C9H20F2N2O. The van der Waals surface area contributed by atoms with Gasteiger partial charge in [-0.25, -0.2) is 8.78 Å². The third kappa shape index (κ3) is 6.23. The average Bonchev–Trinajstić information content (AvgIpc) is 2.12. The van der Waals surface area contributed by atoms with Gasteiger partial charge >= 0.3 is 0 Å². The number of nitrogens with one attached hydrogen (secondary N) is 1. The summed E-state index contributed by atoms with van der Waals surface area (Å²) in [6.45, 7) is 3.02. The van der Waals surface area contributed by atoms with Crippen LogP contribution in [0.3, 0.4) is 0 Å². The summed E-state index contributed by atoms with van der Waals surface area (Å²) >= 11 is 0. The van der Waals surface area contributed by atoms with E-state index in [1.165, 1.54) is 7.05 Å². The van der Waals surface area contributed by atoms with Gasteiger partial charge in [-0.05, 0) is 13.6 Å². The topological polar surface area (TPSA) is 24.5 Å². The summed E-state index contributed by atoms with van der Waals surface area (Å²) in [5.41, 5.74) is 0. The Kier molecular flexibility index (Phi) is 6.96. The number of hydrogen-bond acceptors (Lipinski definition) is 3. The van der Waals surface area contributed by atoms with Crippen molar-refractivity contribution in [1.82, 2.24) is 10.2 Å². The Balaban J connectivity index is 3.89. The van der Waals surface area contributed by atoms with E-state index in [0.717, 1.165) is 0 Å². The molecule has 0 rings (SSSR count). The summed E-state index contributed by atoms with van der Waals surface area (Å²) in [5, 5.41) is 2.49. The standard InChI is InChI=1S/C9H20F2N2O/c1-4-13(5-6-14-3)8-9(10,11)7-12-2/h12H,4-8H2,1-3H3. The average molecular weight is 210 g/mol. The van der Waals surface area contributed by atoms with Crippen molar-refractivity contribution in [3.8, 4) is 0 Å². The van der Waals surface area contributed by atoms with E-state index < -0.39 is 5.92 Å². The Bertz CT molecular complexity index is 145. The zero-order valence-corrected chi connectivity index (χ0v) is 9.15. The smallest absolute Gasteiger partial charge is 0.272 e. The van der Waals surface area contributed by atoms with Crippen LogP contribution in [-0.4, -0.2) is 57.8 Å². The van der Waals surface area contributed by atoms with Gasteiger partial charge in [0.1, 0.15) is 0 Å². The van der Waals surface area contributed by atoms with E-state index in [4.69, 9.17) is 4.74 Å². The monoisotopic (exact) mass is 210 g/mol. The van der Waals surface area contributed by atoms with Crippen LogP contribution in [0.2, 0.25) is 0 Å². The number of alkyl halides is 2. The highest BCUT2D eigenvalue weighted by atomic mass is 19.3. The van der Waals surface area contributed by atoms with Crippen LogP contribution in [0, 0.1) is 0 Å². The molecule has 0 aliphatic rings. The summed E-state index contributed by atoms with van der Waals surface area (Å²) < 4.78 is 31.1. The first kappa shape index (κ1) is 13.7. The lowest BCUT2D eigenvalue weighted by molar-refractivity contribution is -0.0318. The molecule has 1 N–H and O–H groups in total. The molecule has 0 spiro atoms. The molecule has 0 aromatic carbocycles. The van der Waals surface area contributed by atoms with Gasteiger partial charge in [0.25, 0.3) is 5.92 Å². The molecule has 0 fully saturated rings. The summed E-state index contributed by atoms with van der Waals surface area (Å²) in [6.07, 6.45) is 0. The van der Waals surface area contributed by atoms with Crippen molar-refractivity contribution in [2.75, 3.05) is 46.9 Å². The molecule has 0 aliphatic heterocycles. The second kappa shape index (κ2) is 7.09. The number of ether oxygens (including phenoxy) is 1. The predicted molar refractivity (Wildman–Crippen MR) is 52.9 cm³/mol. The van der Waals surface area contributed by atoms with Crippen LogP contribution >= 0.6 is 0 Å². The highest BCUT2D eigenvalue weighted by Crippen LogP contribution is 2.13. The van der Waals surface area contributed by atoms with Gasteiger partial charge in [0.05, 0.1) is 19.7 Å². The van der Waals surface area contributed by atoms with E-state index in [1.807, 2.05) is 6.92 Å². The number of rotatable bonds is 8. The quantitative estimate of drug-likeness (QED) is 0.641. The summed E-state index contributed by atoms with van der Waals surface area (Å²) in [6, 6.07) is 0. The molecule has 0 aromatic rings. The van der Waals surface area contributed by atoms with Gasteiger partial charge < -0.3 is 10.1 Å². The number of nitrogens with zero attached hydrogens (tertiary/aromatic N) is 1. The Morgan fingerprint density at radius 2 is 2.07 bits per heavy atom. The van der Waals surface area contributed by atoms with Crippen LogP contribution in [0.5, 0.6) is 0 Å². The Morgan fingerprint density at radius 3 is 2.50 bits per heavy atom. The van der Waals surface area contributed by atoms with Crippen molar-refractivity contribution >= 4 is 0 Å². The Hall–Kier alpha value is -0.260. The molecule has 0 saturated carbocycles. The molecule has 14 heavy (non-hydrogen) atoms. The molecule has 0 amide bonds. The molecule has 0 aliphatic carbocycles. The van der Waals surface area contributed by atoms with Crippen LogP contribution in [0.4, 0.5) is 8.78 Å². The fourth-order valence-corrected chi connectivity index (χ4v) is 1.21. The molecule has 0 unspecified atom stereocenters. The maximum absolute atomic E-state index is 13.1. The van der Waals surface area contributed by atoms with Crippen LogP contribution in [0.15, 0.2) is 0 Å². The third-order valence-corrected chi connectivity index (χ3v) is 1.95. The van der Waals surface area contributed by atoms with E-state index >= 15 is 0 Å². The lowest BCUT2D eigenvalue weighted by Crippen LogP contribution is -2.43. The van der Waals surface area contributed by atoms with Gasteiger partial charge in [0, 0.05) is 13.7 Å². The zero-order valence-electron chi connectivity index (χ0n) is 9.15. The first-order valence-electron chi connectivity index (χ1n) is 4.79. The van der Waals surface area contributed by atoms with E-state index in [0.29, 0.717) is 19.7 Å². The number of likely N-dealkylation sites (N-methyl/N-ethyl adjacent to an activating group) is 1. The van der Waals surface area contributed by atoms with Gasteiger partial charge in [-0.1, -0.05) is 6.92 Å². The Morgan fingerprint density at radius 1 is 1.43 bits per heavy atom. The van der Waals surface area contributed by atoms with Crippen LogP contribution in [-0.2, 0) is 4.74 Å². The summed E-state index contributed by atoms with van der Waals surface area (Å²) in [4.78, 5) is 1.68. The highest BCUT2D eigenvalue weighted by molar-refractivity contribution is 4.73. The van der Waals surface area contributed by atoms with E-state index in [9.17, 15) is 8.78 Å².